The fourth-order valence-corrected chi connectivity index (χ4v) is 1.54. The van der Waals surface area contributed by atoms with Crippen LogP contribution in [0.1, 0.15) is 5.82 Å². The number of rotatable bonds is 3. The Balaban J connectivity index is 2.42. The van der Waals surface area contributed by atoms with Gasteiger partial charge in [-0.2, -0.15) is 4.68 Å². The number of carbonyl (C=O) groups is 1. The number of halogens is 2. The second-order valence-electron chi connectivity index (χ2n) is 3.22. The van der Waals surface area contributed by atoms with Crippen LogP contribution in [-0.4, -0.2) is 31.3 Å². The quantitative estimate of drug-likeness (QED) is 0.873. The van der Waals surface area contributed by atoms with Crippen LogP contribution in [0.4, 0.5) is 0 Å². The molecule has 0 aliphatic carbocycles. The highest BCUT2D eigenvalue weighted by Gasteiger charge is 2.07. The van der Waals surface area contributed by atoms with Crippen molar-refractivity contribution in [3.8, 4) is 5.69 Å². The zero-order valence-corrected chi connectivity index (χ0v) is 10.3. The molecule has 2 rings (SSSR count). The Hall–Kier alpha value is -1.92. The van der Waals surface area contributed by atoms with E-state index in [2.05, 4.69) is 15.5 Å². The summed E-state index contributed by atoms with van der Waals surface area (Å²) < 4.78 is 1.35. The van der Waals surface area contributed by atoms with Crippen LogP contribution >= 0.6 is 23.2 Å². The smallest absolute Gasteiger partial charge is 0.328 e. The highest BCUT2D eigenvalue weighted by atomic mass is 35.5. The summed E-state index contributed by atoms with van der Waals surface area (Å²) in [7, 11) is 0. The van der Waals surface area contributed by atoms with E-state index in [0.29, 0.717) is 15.7 Å². The Bertz CT molecular complexity index is 624. The molecule has 1 heterocycles. The number of aromatic nitrogens is 4. The molecule has 0 fully saturated rings. The summed E-state index contributed by atoms with van der Waals surface area (Å²) in [5.74, 6) is -0.811. The minimum absolute atomic E-state index is 0.274. The molecule has 0 radical (unpaired) electrons. The van der Waals surface area contributed by atoms with Gasteiger partial charge in [-0.3, -0.25) is 0 Å². The number of aliphatic carboxylic acids is 1. The van der Waals surface area contributed by atoms with Crippen LogP contribution in [-0.2, 0) is 4.79 Å². The van der Waals surface area contributed by atoms with Crippen LogP contribution in [0.15, 0.2) is 24.3 Å². The van der Waals surface area contributed by atoms with Crippen LogP contribution in [0, 0.1) is 0 Å². The minimum atomic E-state index is -1.08. The van der Waals surface area contributed by atoms with Crippen molar-refractivity contribution < 1.29 is 9.90 Å². The van der Waals surface area contributed by atoms with Crippen LogP contribution in [0.2, 0.25) is 10.0 Å². The van der Waals surface area contributed by atoms with E-state index in [1.165, 1.54) is 10.8 Å². The van der Waals surface area contributed by atoms with Gasteiger partial charge in [-0.25, -0.2) is 4.79 Å². The van der Waals surface area contributed by atoms with Crippen molar-refractivity contribution in [2.75, 3.05) is 0 Å². The molecule has 0 spiro atoms. The summed E-state index contributed by atoms with van der Waals surface area (Å²) in [4.78, 5) is 10.4. The van der Waals surface area contributed by atoms with E-state index in [4.69, 9.17) is 28.3 Å². The molecule has 0 unspecified atom stereocenters. The van der Waals surface area contributed by atoms with E-state index in [9.17, 15) is 4.79 Å². The van der Waals surface area contributed by atoms with Crippen molar-refractivity contribution in [1.29, 1.82) is 0 Å². The monoisotopic (exact) mass is 284 g/mol. The molecule has 92 valence electrons. The molecular formula is C10H6Cl2N4O2. The predicted molar refractivity (Wildman–Crippen MR) is 65.8 cm³/mol. The maximum absolute atomic E-state index is 10.4. The third kappa shape index (κ3) is 2.66. The summed E-state index contributed by atoms with van der Waals surface area (Å²) in [6, 6.07) is 4.85. The molecule has 18 heavy (non-hydrogen) atoms. The van der Waals surface area contributed by atoms with Gasteiger partial charge in [0.15, 0.2) is 5.82 Å². The van der Waals surface area contributed by atoms with Crippen molar-refractivity contribution in [3.05, 3.63) is 40.1 Å². The van der Waals surface area contributed by atoms with Crippen molar-refractivity contribution in [3.63, 3.8) is 0 Å². The van der Waals surface area contributed by atoms with Gasteiger partial charge in [0.05, 0.1) is 15.7 Å². The van der Waals surface area contributed by atoms with Gasteiger partial charge in [-0.15, -0.1) is 5.10 Å². The van der Waals surface area contributed by atoms with Gasteiger partial charge >= 0.3 is 5.97 Å². The lowest BCUT2D eigenvalue weighted by molar-refractivity contribution is -0.131. The molecule has 0 aliphatic rings. The fraction of sp³-hybridized carbons (Fsp3) is 0. The molecule has 1 aromatic heterocycles. The Morgan fingerprint density at radius 3 is 2.78 bits per heavy atom. The second kappa shape index (κ2) is 5.16. The van der Waals surface area contributed by atoms with Gasteiger partial charge in [-0.1, -0.05) is 23.2 Å². The average Bonchev–Trinajstić information content (AvgIpc) is 2.78. The van der Waals surface area contributed by atoms with Gasteiger partial charge in [0.2, 0.25) is 0 Å². The zero-order chi connectivity index (χ0) is 13.1. The molecule has 0 bridgehead atoms. The first-order chi connectivity index (χ1) is 8.58. The summed E-state index contributed by atoms with van der Waals surface area (Å²) in [6.07, 6.45) is 2.23. The SMILES string of the molecule is O=C(O)/C=C/c1nnnn1-c1ccc(Cl)c(Cl)c1. The van der Waals surface area contributed by atoms with E-state index in [1.807, 2.05) is 0 Å². The molecule has 8 heteroatoms. The number of benzene rings is 1. The van der Waals surface area contributed by atoms with Crippen molar-refractivity contribution in [2.45, 2.75) is 0 Å². The largest absolute Gasteiger partial charge is 0.478 e. The maximum atomic E-state index is 10.4. The van der Waals surface area contributed by atoms with Crippen LogP contribution in [0.5, 0.6) is 0 Å². The third-order valence-electron chi connectivity index (χ3n) is 2.02. The van der Waals surface area contributed by atoms with E-state index in [-0.39, 0.29) is 5.82 Å². The van der Waals surface area contributed by atoms with Crippen LogP contribution in [0.25, 0.3) is 11.8 Å². The Morgan fingerprint density at radius 2 is 2.11 bits per heavy atom. The lowest BCUT2D eigenvalue weighted by atomic mass is 10.3. The average molecular weight is 285 g/mol. The Labute approximate surface area is 111 Å². The standard InChI is InChI=1S/C10H6Cl2N4O2/c11-7-2-1-6(5-8(7)12)16-9(13-14-15-16)3-4-10(17)18/h1-5H,(H,17,18)/b4-3+. The third-order valence-corrected chi connectivity index (χ3v) is 2.76. The highest BCUT2D eigenvalue weighted by molar-refractivity contribution is 6.42. The zero-order valence-electron chi connectivity index (χ0n) is 8.79. The molecule has 0 amide bonds. The lowest BCUT2D eigenvalue weighted by Crippen LogP contribution is -2.00. The molecule has 0 saturated heterocycles. The van der Waals surface area contributed by atoms with Gasteiger partial charge < -0.3 is 5.11 Å². The Kier molecular flexibility index (Phi) is 3.59. The molecule has 0 atom stereocenters. The van der Waals surface area contributed by atoms with Gasteiger partial charge in [-0.05, 0) is 34.7 Å². The minimum Gasteiger partial charge on any atom is -0.478 e. The first kappa shape index (κ1) is 12.5. The fourth-order valence-electron chi connectivity index (χ4n) is 1.24. The topological polar surface area (TPSA) is 80.9 Å². The number of hydrogen-bond donors (Lipinski definition) is 1. The van der Waals surface area contributed by atoms with Gasteiger partial charge in [0.25, 0.3) is 0 Å². The number of tetrazole rings is 1. The van der Waals surface area contributed by atoms with E-state index in [1.54, 1.807) is 18.2 Å². The first-order valence-electron chi connectivity index (χ1n) is 4.73. The molecule has 0 aliphatic heterocycles. The lowest BCUT2D eigenvalue weighted by Gasteiger charge is -2.03. The molecule has 0 saturated carbocycles. The van der Waals surface area contributed by atoms with Crippen molar-refractivity contribution >= 4 is 35.2 Å². The number of carboxylic acid groups (broad SMARTS) is 1. The van der Waals surface area contributed by atoms with Crippen molar-refractivity contribution in [1.82, 2.24) is 20.2 Å². The number of carboxylic acids is 1. The molecule has 6 nitrogen and oxygen atoms in total. The van der Waals surface area contributed by atoms with Gasteiger partial charge in [0, 0.05) is 6.08 Å². The van der Waals surface area contributed by atoms with E-state index in [0.717, 1.165) is 6.08 Å². The predicted octanol–water partition coefficient (Wildman–Crippen LogP) is 2.07. The molecule has 2 aromatic rings. The molecule has 1 N–H and O–H groups in total. The molecule has 1 aromatic carbocycles. The maximum Gasteiger partial charge on any atom is 0.328 e. The number of hydrogen-bond acceptors (Lipinski definition) is 4. The first-order valence-corrected chi connectivity index (χ1v) is 5.48. The normalized spacial score (nSPS) is 11.0. The summed E-state index contributed by atoms with van der Waals surface area (Å²) in [6.45, 7) is 0. The van der Waals surface area contributed by atoms with Crippen LogP contribution in [0.3, 0.4) is 0 Å². The van der Waals surface area contributed by atoms with E-state index >= 15 is 0 Å². The summed E-state index contributed by atoms with van der Waals surface area (Å²) in [5.41, 5.74) is 0.583. The number of nitrogens with zero attached hydrogens (tertiary/aromatic N) is 4. The second-order valence-corrected chi connectivity index (χ2v) is 4.03. The van der Waals surface area contributed by atoms with Crippen LogP contribution < -0.4 is 0 Å². The van der Waals surface area contributed by atoms with Crippen molar-refractivity contribution in [2.24, 2.45) is 0 Å². The molecular weight excluding hydrogens is 279 g/mol. The Morgan fingerprint density at radius 1 is 1.33 bits per heavy atom. The van der Waals surface area contributed by atoms with E-state index < -0.39 is 5.97 Å². The summed E-state index contributed by atoms with van der Waals surface area (Å²) >= 11 is 11.7. The highest BCUT2D eigenvalue weighted by Crippen LogP contribution is 2.24. The van der Waals surface area contributed by atoms with Gasteiger partial charge in [0.1, 0.15) is 0 Å². The summed E-state index contributed by atoms with van der Waals surface area (Å²) in [5, 5.41) is 20.2.